The lowest BCUT2D eigenvalue weighted by Gasteiger charge is -2.24. The van der Waals surface area contributed by atoms with Gasteiger partial charge in [0.05, 0.1) is 11.0 Å². The molecule has 0 spiro atoms. The Morgan fingerprint density at radius 3 is 2.55 bits per heavy atom. The van der Waals surface area contributed by atoms with Crippen LogP contribution in [0.2, 0.25) is 0 Å². The second kappa shape index (κ2) is 7.94. The molecular weight excluding hydrogens is 384 g/mol. The number of aromatic nitrogens is 1. The van der Waals surface area contributed by atoms with Gasteiger partial charge in [-0.1, -0.05) is 35.9 Å². The van der Waals surface area contributed by atoms with Gasteiger partial charge in [-0.2, -0.15) is 8.42 Å². The Hall–Kier alpha value is -2.15. The van der Waals surface area contributed by atoms with E-state index in [4.69, 9.17) is 4.18 Å². The SMILES string of the molecule is Cc1ccc(S(=O)(=O)OC2CCc3c(c4ccccc4n3CCN(C)C)C2)cc1. The standard InChI is InChI=1S/C23H28N2O3S/c1-17-8-11-19(12-9-17)29(26,27)28-18-10-13-23-21(16-18)20-6-4-5-7-22(20)25(23)15-14-24(2)3/h4-9,11-12,18H,10,13-16H2,1-3H3. The van der Waals surface area contributed by atoms with Gasteiger partial charge < -0.3 is 9.47 Å². The fourth-order valence-electron chi connectivity index (χ4n) is 4.15. The van der Waals surface area contributed by atoms with E-state index in [9.17, 15) is 8.42 Å². The Morgan fingerprint density at radius 1 is 1.10 bits per heavy atom. The summed E-state index contributed by atoms with van der Waals surface area (Å²) < 4.78 is 33.5. The number of fused-ring (bicyclic) bond motifs is 3. The second-order valence-corrected chi connectivity index (χ2v) is 9.70. The van der Waals surface area contributed by atoms with Gasteiger partial charge in [0.2, 0.25) is 0 Å². The predicted octanol–water partition coefficient (Wildman–Crippen LogP) is 3.77. The molecule has 0 saturated carbocycles. The zero-order valence-corrected chi connectivity index (χ0v) is 18.1. The molecule has 0 aliphatic heterocycles. The normalized spacial score (nSPS) is 17.0. The van der Waals surface area contributed by atoms with E-state index >= 15 is 0 Å². The first-order valence-corrected chi connectivity index (χ1v) is 11.5. The Morgan fingerprint density at radius 2 is 1.83 bits per heavy atom. The van der Waals surface area contributed by atoms with E-state index in [-0.39, 0.29) is 11.0 Å². The average Bonchev–Trinajstić information content (AvgIpc) is 2.99. The first-order valence-electron chi connectivity index (χ1n) is 10.1. The second-order valence-electron chi connectivity index (χ2n) is 8.13. The van der Waals surface area contributed by atoms with Crippen molar-refractivity contribution in [3.63, 3.8) is 0 Å². The number of aryl methyl sites for hydroxylation is 1. The molecule has 1 aromatic heterocycles. The van der Waals surface area contributed by atoms with Crippen LogP contribution in [0.15, 0.2) is 53.4 Å². The minimum Gasteiger partial charge on any atom is -0.343 e. The van der Waals surface area contributed by atoms with Gasteiger partial charge in [-0.3, -0.25) is 4.18 Å². The van der Waals surface area contributed by atoms with Gasteiger partial charge in [0.15, 0.2) is 0 Å². The zero-order valence-electron chi connectivity index (χ0n) is 17.3. The number of nitrogens with zero attached hydrogens (tertiary/aromatic N) is 2. The van der Waals surface area contributed by atoms with Crippen molar-refractivity contribution in [2.75, 3.05) is 20.6 Å². The summed E-state index contributed by atoms with van der Waals surface area (Å²) in [4.78, 5) is 2.41. The third-order valence-electron chi connectivity index (χ3n) is 5.67. The summed E-state index contributed by atoms with van der Waals surface area (Å²) in [5, 5.41) is 1.21. The minimum absolute atomic E-state index is 0.224. The van der Waals surface area contributed by atoms with Gasteiger partial charge >= 0.3 is 0 Å². The monoisotopic (exact) mass is 412 g/mol. The van der Waals surface area contributed by atoms with Crippen molar-refractivity contribution in [2.45, 2.75) is 43.7 Å². The Bertz CT molecular complexity index is 1110. The highest BCUT2D eigenvalue weighted by molar-refractivity contribution is 7.86. The van der Waals surface area contributed by atoms with Crippen molar-refractivity contribution in [3.05, 3.63) is 65.4 Å². The molecule has 1 atom stereocenters. The van der Waals surface area contributed by atoms with Gasteiger partial charge in [0.25, 0.3) is 10.1 Å². The van der Waals surface area contributed by atoms with Crippen molar-refractivity contribution >= 4 is 21.0 Å². The van der Waals surface area contributed by atoms with Crippen molar-refractivity contribution < 1.29 is 12.6 Å². The molecule has 1 aliphatic rings. The molecule has 1 aliphatic carbocycles. The number of rotatable bonds is 6. The van der Waals surface area contributed by atoms with E-state index in [0.29, 0.717) is 12.8 Å². The Balaban J connectivity index is 1.61. The van der Waals surface area contributed by atoms with E-state index in [1.807, 2.05) is 13.0 Å². The Labute approximate surface area is 173 Å². The molecule has 0 radical (unpaired) electrons. The van der Waals surface area contributed by atoms with Crippen LogP contribution in [-0.4, -0.2) is 44.6 Å². The number of hydrogen-bond acceptors (Lipinski definition) is 4. The van der Waals surface area contributed by atoms with Crippen LogP contribution in [0.3, 0.4) is 0 Å². The van der Waals surface area contributed by atoms with Crippen LogP contribution >= 0.6 is 0 Å². The third-order valence-corrected chi connectivity index (χ3v) is 7.05. The highest BCUT2D eigenvalue weighted by Gasteiger charge is 2.29. The molecule has 0 amide bonds. The summed E-state index contributed by atoms with van der Waals surface area (Å²) in [7, 11) is 0.402. The van der Waals surface area contributed by atoms with E-state index in [1.165, 1.54) is 22.2 Å². The molecule has 0 saturated heterocycles. The van der Waals surface area contributed by atoms with Crippen molar-refractivity contribution in [3.8, 4) is 0 Å². The summed E-state index contributed by atoms with van der Waals surface area (Å²) in [6.45, 7) is 3.83. The summed E-state index contributed by atoms with van der Waals surface area (Å²) in [5.74, 6) is 0. The third kappa shape index (κ3) is 4.10. The number of benzene rings is 2. The van der Waals surface area contributed by atoms with Crippen molar-refractivity contribution in [1.29, 1.82) is 0 Å². The van der Waals surface area contributed by atoms with Gasteiger partial charge in [0.1, 0.15) is 0 Å². The molecule has 0 bridgehead atoms. The first kappa shape index (κ1) is 20.1. The number of likely N-dealkylation sites (N-methyl/N-ethyl adjacent to an activating group) is 1. The molecule has 154 valence electrons. The molecule has 0 N–H and O–H groups in total. The first-order chi connectivity index (χ1) is 13.8. The molecule has 6 heteroatoms. The molecule has 0 fully saturated rings. The Kier molecular flexibility index (Phi) is 5.51. The van der Waals surface area contributed by atoms with Crippen LogP contribution < -0.4 is 0 Å². The largest absolute Gasteiger partial charge is 0.343 e. The van der Waals surface area contributed by atoms with Crippen LogP contribution in [0.25, 0.3) is 10.9 Å². The smallest absolute Gasteiger partial charge is 0.297 e. The molecule has 2 aromatic carbocycles. The van der Waals surface area contributed by atoms with Gasteiger partial charge in [-0.25, -0.2) is 0 Å². The fourth-order valence-corrected chi connectivity index (χ4v) is 5.25. The average molecular weight is 413 g/mol. The lowest BCUT2D eigenvalue weighted by Crippen LogP contribution is -2.27. The fraction of sp³-hybridized carbons (Fsp3) is 0.391. The maximum absolute atomic E-state index is 12.7. The maximum atomic E-state index is 12.7. The van der Waals surface area contributed by atoms with Crippen molar-refractivity contribution in [2.24, 2.45) is 0 Å². The van der Waals surface area contributed by atoms with Gasteiger partial charge in [-0.15, -0.1) is 0 Å². The van der Waals surface area contributed by atoms with Crippen LogP contribution in [0, 0.1) is 6.92 Å². The number of hydrogen-bond donors (Lipinski definition) is 0. The topological polar surface area (TPSA) is 51.5 Å². The van der Waals surface area contributed by atoms with Gasteiger partial charge in [-0.05, 0) is 57.6 Å². The number of para-hydroxylation sites is 1. The molecule has 3 aromatic rings. The van der Waals surface area contributed by atoms with Crippen LogP contribution in [0.5, 0.6) is 0 Å². The van der Waals surface area contributed by atoms with E-state index in [0.717, 1.165) is 25.1 Å². The highest BCUT2D eigenvalue weighted by Crippen LogP contribution is 2.34. The molecule has 1 unspecified atom stereocenters. The summed E-state index contributed by atoms with van der Waals surface area (Å²) in [5.41, 5.74) is 4.80. The molecule has 1 heterocycles. The molecule has 4 rings (SSSR count). The molecular formula is C23H28N2O3S. The van der Waals surface area contributed by atoms with Gasteiger partial charge in [0, 0.05) is 36.1 Å². The summed E-state index contributed by atoms with van der Waals surface area (Å²) >= 11 is 0. The maximum Gasteiger partial charge on any atom is 0.297 e. The lowest BCUT2D eigenvalue weighted by atomic mass is 9.93. The highest BCUT2D eigenvalue weighted by atomic mass is 32.2. The summed E-state index contributed by atoms with van der Waals surface area (Å²) in [6.07, 6.45) is 1.82. The van der Waals surface area contributed by atoms with E-state index in [2.05, 4.69) is 41.8 Å². The van der Waals surface area contributed by atoms with E-state index in [1.54, 1.807) is 24.3 Å². The van der Waals surface area contributed by atoms with E-state index < -0.39 is 10.1 Å². The van der Waals surface area contributed by atoms with Crippen molar-refractivity contribution in [1.82, 2.24) is 9.47 Å². The predicted molar refractivity (Wildman–Crippen MR) is 116 cm³/mol. The quantitative estimate of drug-likeness (QED) is 0.578. The van der Waals surface area contributed by atoms with Crippen LogP contribution in [0.1, 0.15) is 23.2 Å². The lowest BCUT2D eigenvalue weighted by molar-refractivity contribution is 0.191. The summed E-state index contributed by atoms with van der Waals surface area (Å²) in [6, 6.07) is 15.2. The molecule has 5 nitrogen and oxygen atoms in total. The minimum atomic E-state index is -3.76. The van der Waals surface area contributed by atoms with Crippen LogP contribution in [0.4, 0.5) is 0 Å². The zero-order chi connectivity index (χ0) is 20.6. The van der Waals surface area contributed by atoms with Crippen LogP contribution in [-0.2, 0) is 33.7 Å². The molecule has 29 heavy (non-hydrogen) atoms.